The Labute approximate surface area is 108 Å². The molecule has 3 nitrogen and oxygen atoms in total. The van der Waals surface area contributed by atoms with Crippen molar-refractivity contribution in [1.29, 1.82) is 0 Å². The van der Waals surface area contributed by atoms with Crippen LogP contribution in [0.2, 0.25) is 0 Å². The highest BCUT2D eigenvalue weighted by Gasteiger charge is 2.16. The van der Waals surface area contributed by atoms with Crippen molar-refractivity contribution in [2.45, 2.75) is 56.9 Å². The van der Waals surface area contributed by atoms with Gasteiger partial charge in [-0.15, -0.1) is 0 Å². The van der Waals surface area contributed by atoms with Gasteiger partial charge < -0.3 is 5.73 Å². The molecule has 4 heteroatoms. The smallest absolute Gasteiger partial charge is 0.0522 e. The summed E-state index contributed by atoms with van der Waals surface area (Å²) < 4.78 is 1.96. The minimum Gasteiger partial charge on any atom is -0.327 e. The van der Waals surface area contributed by atoms with Gasteiger partial charge in [-0.2, -0.15) is 16.9 Å². The second kappa shape index (κ2) is 6.45. The first kappa shape index (κ1) is 13.0. The van der Waals surface area contributed by atoms with Crippen molar-refractivity contribution in [3.8, 4) is 0 Å². The predicted molar refractivity (Wildman–Crippen MR) is 74.3 cm³/mol. The van der Waals surface area contributed by atoms with Crippen LogP contribution in [0.1, 0.15) is 38.2 Å². The molecule has 1 unspecified atom stereocenters. The third-order valence-corrected chi connectivity index (χ3v) is 4.92. The van der Waals surface area contributed by atoms with Gasteiger partial charge in [0.2, 0.25) is 0 Å². The number of thioether (sulfide) groups is 1. The molecule has 0 radical (unpaired) electrons. The molecule has 1 aromatic heterocycles. The van der Waals surface area contributed by atoms with Crippen LogP contribution in [0.5, 0.6) is 0 Å². The number of aromatic nitrogens is 2. The molecule has 1 aromatic rings. The zero-order valence-electron chi connectivity index (χ0n) is 10.6. The summed E-state index contributed by atoms with van der Waals surface area (Å²) in [6, 6.07) is 0.273. The Bertz CT molecular complexity index is 331. The number of hydrogen-bond donors (Lipinski definition) is 1. The first-order chi connectivity index (χ1) is 8.28. The molecule has 1 saturated carbocycles. The van der Waals surface area contributed by atoms with E-state index >= 15 is 0 Å². The highest BCUT2D eigenvalue weighted by molar-refractivity contribution is 7.99. The van der Waals surface area contributed by atoms with E-state index < -0.39 is 0 Å². The Balaban J connectivity index is 1.70. The molecule has 0 aliphatic heterocycles. The zero-order valence-corrected chi connectivity index (χ0v) is 11.5. The lowest BCUT2D eigenvalue weighted by atomic mass is 10.1. The Kier molecular flexibility index (Phi) is 4.92. The fourth-order valence-corrected chi connectivity index (χ4v) is 3.66. The van der Waals surface area contributed by atoms with Crippen molar-refractivity contribution in [3.05, 3.63) is 18.0 Å². The maximum absolute atomic E-state index is 6.18. The van der Waals surface area contributed by atoms with Gasteiger partial charge in [0.1, 0.15) is 0 Å². The zero-order chi connectivity index (χ0) is 12.1. The van der Waals surface area contributed by atoms with Crippen molar-refractivity contribution in [2.75, 3.05) is 5.75 Å². The molecule has 1 aliphatic rings. The summed E-state index contributed by atoms with van der Waals surface area (Å²) in [4.78, 5) is 0. The van der Waals surface area contributed by atoms with Crippen molar-refractivity contribution in [1.82, 2.24) is 9.78 Å². The summed E-state index contributed by atoms with van der Waals surface area (Å²) in [7, 11) is 0. The molecule has 2 rings (SSSR count). The summed E-state index contributed by atoms with van der Waals surface area (Å²) in [5, 5.41) is 5.15. The summed E-state index contributed by atoms with van der Waals surface area (Å²) >= 11 is 2.07. The first-order valence-electron chi connectivity index (χ1n) is 6.66. The van der Waals surface area contributed by atoms with E-state index in [2.05, 4.69) is 30.0 Å². The number of nitrogens with two attached hydrogens (primary N) is 1. The quantitative estimate of drug-likeness (QED) is 0.847. The maximum Gasteiger partial charge on any atom is 0.0522 e. The van der Waals surface area contributed by atoms with Crippen LogP contribution >= 0.6 is 11.8 Å². The van der Waals surface area contributed by atoms with Gasteiger partial charge in [0, 0.05) is 29.8 Å². The van der Waals surface area contributed by atoms with Crippen LogP contribution in [0.15, 0.2) is 12.4 Å². The van der Waals surface area contributed by atoms with Crippen molar-refractivity contribution >= 4 is 11.8 Å². The van der Waals surface area contributed by atoms with E-state index in [1.807, 2.05) is 10.9 Å². The minimum atomic E-state index is 0.273. The van der Waals surface area contributed by atoms with E-state index in [1.165, 1.54) is 31.2 Å². The number of nitrogens with zero attached hydrogens (tertiary/aromatic N) is 2. The lowest BCUT2D eigenvalue weighted by Crippen LogP contribution is -2.26. The second-order valence-corrected chi connectivity index (χ2v) is 6.24. The van der Waals surface area contributed by atoms with Crippen LogP contribution in [0.3, 0.4) is 0 Å². The number of rotatable bonds is 6. The molecule has 0 aromatic carbocycles. The maximum atomic E-state index is 6.18. The van der Waals surface area contributed by atoms with E-state index in [9.17, 15) is 0 Å². The Morgan fingerprint density at radius 1 is 1.53 bits per heavy atom. The largest absolute Gasteiger partial charge is 0.327 e. The molecule has 0 amide bonds. The molecule has 0 saturated heterocycles. The number of hydrogen-bond acceptors (Lipinski definition) is 3. The van der Waals surface area contributed by atoms with Crippen LogP contribution in [-0.2, 0) is 13.0 Å². The molecule has 17 heavy (non-hydrogen) atoms. The van der Waals surface area contributed by atoms with Crippen LogP contribution in [0, 0.1) is 0 Å². The van der Waals surface area contributed by atoms with Crippen LogP contribution in [0.25, 0.3) is 0 Å². The van der Waals surface area contributed by atoms with Crippen molar-refractivity contribution in [3.63, 3.8) is 0 Å². The van der Waals surface area contributed by atoms with Gasteiger partial charge in [0.15, 0.2) is 0 Å². The van der Waals surface area contributed by atoms with Gasteiger partial charge in [-0.05, 0) is 31.7 Å². The molecule has 0 bridgehead atoms. The monoisotopic (exact) mass is 253 g/mol. The third-order valence-electron chi connectivity index (χ3n) is 3.36. The standard InChI is InChI=1S/C13H23N3S/c1-2-16-9-11(8-15-16)7-12(14)10-17-13-5-3-4-6-13/h8-9,12-13H,2-7,10,14H2,1H3. The molecule has 1 aliphatic carbocycles. The Hall–Kier alpha value is -0.480. The third kappa shape index (κ3) is 4.03. The molecule has 1 atom stereocenters. The van der Waals surface area contributed by atoms with E-state index in [-0.39, 0.29) is 6.04 Å². The van der Waals surface area contributed by atoms with Gasteiger partial charge in [-0.3, -0.25) is 4.68 Å². The predicted octanol–water partition coefficient (Wildman–Crippen LogP) is 2.45. The molecule has 2 N–H and O–H groups in total. The van der Waals surface area contributed by atoms with Crippen molar-refractivity contribution in [2.24, 2.45) is 5.73 Å². The van der Waals surface area contributed by atoms with E-state index in [0.29, 0.717) is 0 Å². The molecule has 0 spiro atoms. The van der Waals surface area contributed by atoms with E-state index in [4.69, 9.17) is 5.73 Å². The highest BCUT2D eigenvalue weighted by atomic mass is 32.2. The Morgan fingerprint density at radius 3 is 2.94 bits per heavy atom. The van der Waals surface area contributed by atoms with Gasteiger partial charge in [-0.1, -0.05) is 12.8 Å². The van der Waals surface area contributed by atoms with E-state index in [1.54, 1.807) is 0 Å². The van der Waals surface area contributed by atoms with Gasteiger partial charge >= 0.3 is 0 Å². The summed E-state index contributed by atoms with van der Waals surface area (Å²) in [5.74, 6) is 1.09. The highest BCUT2D eigenvalue weighted by Crippen LogP contribution is 2.29. The summed E-state index contributed by atoms with van der Waals surface area (Å²) in [6.07, 6.45) is 10.6. The van der Waals surface area contributed by atoms with Crippen LogP contribution in [0.4, 0.5) is 0 Å². The van der Waals surface area contributed by atoms with Crippen LogP contribution in [-0.4, -0.2) is 26.8 Å². The molecule has 96 valence electrons. The van der Waals surface area contributed by atoms with E-state index in [0.717, 1.165) is 24.0 Å². The van der Waals surface area contributed by atoms with Gasteiger partial charge in [0.25, 0.3) is 0 Å². The minimum absolute atomic E-state index is 0.273. The van der Waals surface area contributed by atoms with Gasteiger partial charge in [-0.25, -0.2) is 0 Å². The van der Waals surface area contributed by atoms with Crippen LogP contribution < -0.4 is 5.73 Å². The lowest BCUT2D eigenvalue weighted by Gasteiger charge is -2.13. The normalized spacial score (nSPS) is 18.7. The Morgan fingerprint density at radius 2 is 2.29 bits per heavy atom. The molecule has 1 heterocycles. The SMILES string of the molecule is CCn1cc(CC(N)CSC2CCCC2)cn1. The average molecular weight is 253 g/mol. The fourth-order valence-electron chi connectivity index (χ4n) is 2.36. The van der Waals surface area contributed by atoms with Gasteiger partial charge in [0.05, 0.1) is 6.20 Å². The van der Waals surface area contributed by atoms with Crippen molar-refractivity contribution < 1.29 is 0 Å². The topological polar surface area (TPSA) is 43.8 Å². The summed E-state index contributed by atoms with van der Waals surface area (Å²) in [5.41, 5.74) is 7.45. The molecular formula is C13H23N3S. The number of aryl methyl sites for hydroxylation is 1. The average Bonchev–Trinajstić information content (AvgIpc) is 2.97. The fraction of sp³-hybridized carbons (Fsp3) is 0.769. The lowest BCUT2D eigenvalue weighted by molar-refractivity contribution is 0.658. The molecular weight excluding hydrogens is 230 g/mol. The molecule has 1 fully saturated rings. The first-order valence-corrected chi connectivity index (χ1v) is 7.71. The summed E-state index contributed by atoms with van der Waals surface area (Å²) in [6.45, 7) is 3.04. The second-order valence-electron chi connectivity index (χ2n) is 4.91.